The number of hydrogen-bond acceptors (Lipinski definition) is 5. The average Bonchev–Trinajstić information content (AvgIpc) is 2.99. The van der Waals surface area contributed by atoms with Crippen LogP contribution in [0.1, 0.15) is 46.4 Å². The van der Waals surface area contributed by atoms with E-state index in [9.17, 15) is 14.9 Å². The van der Waals surface area contributed by atoms with Gasteiger partial charge in [-0.15, -0.1) is 11.3 Å². The van der Waals surface area contributed by atoms with E-state index < -0.39 is 11.1 Å². The minimum Gasteiger partial charge on any atom is -0.353 e. The van der Waals surface area contributed by atoms with E-state index in [4.69, 9.17) is 11.6 Å². The largest absolute Gasteiger partial charge is 0.353 e. The first-order chi connectivity index (χ1) is 12.8. The minimum absolute atomic E-state index is 0.0786. The molecule has 27 heavy (non-hydrogen) atoms. The molecule has 2 atom stereocenters. The number of quaternary nitrogens is 1. The van der Waals surface area contributed by atoms with Gasteiger partial charge < -0.3 is 15.5 Å². The summed E-state index contributed by atoms with van der Waals surface area (Å²) < 4.78 is 0. The van der Waals surface area contributed by atoms with Crippen molar-refractivity contribution < 1.29 is 14.6 Å². The van der Waals surface area contributed by atoms with E-state index in [2.05, 4.69) is 24.5 Å². The van der Waals surface area contributed by atoms with Crippen molar-refractivity contribution >= 4 is 39.5 Å². The minimum atomic E-state index is -0.519. The number of fused-ring (bicyclic) bond motifs is 3. The molecule has 1 unspecified atom stereocenters. The molecule has 3 N–H and O–H groups in total. The highest BCUT2D eigenvalue weighted by Crippen LogP contribution is 2.39. The van der Waals surface area contributed by atoms with Crippen LogP contribution in [0.25, 0.3) is 0 Å². The Morgan fingerprint density at radius 1 is 1.37 bits per heavy atom. The summed E-state index contributed by atoms with van der Waals surface area (Å²) in [6.45, 7) is 6.37. The summed E-state index contributed by atoms with van der Waals surface area (Å²) in [5.41, 5.74) is 2.31. The molecule has 1 aromatic heterocycles. The van der Waals surface area contributed by atoms with Gasteiger partial charge >= 0.3 is 0 Å². The van der Waals surface area contributed by atoms with Crippen LogP contribution >= 0.6 is 22.9 Å². The molecule has 0 radical (unpaired) electrons. The molecule has 9 heteroatoms. The molecule has 4 rings (SSSR count). The number of thiophene rings is 1. The highest BCUT2D eigenvalue weighted by Gasteiger charge is 2.35. The molecule has 2 aliphatic rings. The van der Waals surface area contributed by atoms with E-state index in [1.165, 1.54) is 21.9 Å². The van der Waals surface area contributed by atoms with Crippen LogP contribution < -0.4 is 15.5 Å². The summed E-state index contributed by atoms with van der Waals surface area (Å²) in [4.78, 5) is 26.2. The molecular weight excluding hydrogens is 388 g/mol. The number of nitrogens with zero attached hydrogens (tertiary/aromatic N) is 1. The zero-order valence-corrected chi connectivity index (χ0v) is 16.5. The Labute approximate surface area is 165 Å². The lowest BCUT2D eigenvalue weighted by molar-refractivity contribution is -0.936. The third-order valence-electron chi connectivity index (χ3n) is 5.27. The van der Waals surface area contributed by atoms with Crippen molar-refractivity contribution in [3.05, 3.63) is 54.9 Å². The number of nitrogens with one attached hydrogen (secondary N) is 3. The molecule has 2 aromatic rings. The van der Waals surface area contributed by atoms with E-state index in [0.717, 1.165) is 35.6 Å². The summed E-state index contributed by atoms with van der Waals surface area (Å²) in [6, 6.07) is 5.13. The van der Waals surface area contributed by atoms with Crippen LogP contribution in [-0.4, -0.2) is 23.4 Å². The number of anilines is 1. The Bertz CT molecular complexity index is 943. The smallest absolute Gasteiger partial charge is 0.288 e. The number of rotatable bonds is 3. The zero-order valence-electron chi connectivity index (χ0n) is 15.0. The Hall–Kier alpha value is -2.16. The van der Waals surface area contributed by atoms with Crippen LogP contribution in [0.5, 0.6) is 0 Å². The predicted octanol–water partition coefficient (Wildman–Crippen LogP) is 2.51. The van der Waals surface area contributed by atoms with Gasteiger partial charge in [0.25, 0.3) is 11.6 Å². The fourth-order valence-corrected chi connectivity index (χ4v) is 5.23. The van der Waals surface area contributed by atoms with Crippen LogP contribution in [0.2, 0.25) is 5.02 Å². The maximum atomic E-state index is 12.8. The second-order valence-corrected chi connectivity index (χ2v) is 8.73. The molecule has 0 fully saturated rings. The van der Waals surface area contributed by atoms with Gasteiger partial charge in [0, 0.05) is 18.1 Å². The number of hydrogen-bond donors (Lipinski definition) is 3. The van der Waals surface area contributed by atoms with E-state index in [1.807, 2.05) is 0 Å². The lowest BCUT2D eigenvalue weighted by atomic mass is 9.99. The number of carbonyl (C=O) groups is 1. The molecule has 3 heterocycles. The summed E-state index contributed by atoms with van der Waals surface area (Å²) in [7, 11) is 0. The number of nitro groups is 1. The SMILES string of the molecule is CC(C)[NH+]1CCc2c(sc3c2C(=O)N[C@H](c2ccc(Cl)c([N+](=O)[O-])c2)N3)C1. The number of halogens is 1. The number of carbonyl (C=O) groups excluding carboxylic acids is 1. The highest BCUT2D eigenvalue weighted by molar-refractivity contribution is 7.16. The average molecular weight is 408 g/mol. The van der Waals surface area contributed by atoms with Gasteiger partial charge in [0.05, 0.1) is 28.0 Å². The van der Waals surface area contributed by atoms with Crippen molar-refractivity contribution in [1.82, 2.24) is 5.32 Å². The maximum Gasteiger partial charge on any atom is 0.288 e. The van der Waals surface area contributed by atoms with Crippen molar-refractivity contribution in [2.45, 2.75) is 39.0 Å². The van der Waals surface area contributed by atoms with Crippen molar-refractivity contribution in [2.24, 2.45) is 0 Å². The maximum absolute atomic E-state index is 12.8. The second-order valence-electron chi connectivity index (χ2n) is 7.22. The molecule has 0 saturated carbocycles. The molecule has 0 saturated heterocycles. The van der Waals surface area contributed by atoms with Gasteiger partial charge in [0.15, 0.2) is 0 Å². The Morgan fingerprint density at radius 2 is 2.15 bits per heavy atom. The van der Waals surface area contributed by atoms with E-state index in [1.54, 1.807) is 17.4 Å². The van der Waals surface area contributed by atoms with Crippen LogP contribution in [0, 0.1) is 10.1 Å². The molecule has 1 amide bonds. The molecule has 1 aromatic carbocycles. The Balaban J connectivity index is 1.66. The number of amides is 1. The lowest BCUT2D eigenvalue weighted by Crippen LogP contribution is -3.14. The van der Waals surface area contributed by atoms with Crippen LogP contribution in [0.15, 0.2) is 18.2 Å². The molecule has 0 spiro atoms. The summed E-state index contributed by atoms with van der Waals surface area (Å²) >= 11 is 7.52. The molecule has 2 aliphatic heterocycles. The van der Waals surface area contributed by atoms with Gasteiger partial charge in [0.2, 0.25) is 0 Å². The van der Waals surface area contributed by atoms with E-state index in [0.29, 0.717) is 11.6 Å². The molecule has 7 nitrogen and oxygen atoms in total. The first-order valence-corrected chi connectivity index (χ1v) is 10.0. The standard InChI is InChI=1S/C18H19ClN4O3S/c1-9(2)22-6-5-11-14(8-22)27-18-15(11)17(24)20-16(21-18)10-3-4-12(19)13(7-10)23(25)26/h3-4,7,9,16,21H,5-6,8H2,1-2H3,(H,20,24)/p+1/t16-/m0/s1. The summed E-state index contributed by atoms with van der Waals surface area (Å²) in [5.74, 6) is -0.128. The van der Waals surface area contributed by atoms with Gasteiger partial charge in [0.1, 0.15) is 22.7 Å². The van der Waals surface area contributed by atoms with Crippen LogP contribution in [0.4, 0.5) is 10.7 Å². The molecule has 0 aliphatic carbocycles. The van der Waals surface area contributed by atoms with Gasteiger partial charge in [-0.2, -0.15) is 0 Å². The van der Waals surface area contributed by atoms with Crippen molar-refractivity contribution in [3.63, 3.8) is 0 Å². The molecular formula is C18H20ClN4O3S+. The number of nitro benzene ring substituents is 1. The first kappa shape index (κ1) is 18.2. The van der Waals surface area contributed by atoms with Crippen molar-refractivity contribution in [2.75, 3.05) is 11.9 Å². The van der Waals surface area contributed by atoms with Crippen LogP contribution in [-0.2, 0) is 13.0 Å². The highest BCUT2D eigenvalue weighted by atomic mass is 35.5. The Morgan fingerprint density at radius 3 is 2.85 bits per heavy atom. The monoisotopic (exact) mass is 407 g/mol. The topological polar surface area (TPSA) is 88.7 Å². The van der Waals surface area contributed by atoms with E-state index in [-0.39, 0.29) is 16.6 Å². The molecule has 0 bridgehead atoms. The van der Waals surface area contributed by atoms with Gasteiger partial charge in [-0.1, -0.05) is 17.7 Å². The van der Waals surface area contributed by atoms with Gasteiger partial charge in [-0.05, 0) is 25.5 Å². The van der Waals surface area contributed by atoms with E-state index >= 15 is 0 Å². The van der Waals surface area contributed by atoms with Crippen LogP contribution in [0.3, 0.4) is 0 Å². The Kier molecular flexibility index (Phi) is 4.57. The fraction of sp³-hybridized carbons (Fsp3) is 0.389. The fourth-order valence-electron chi connectivity index (χ4n) is 3.72. The lowest BCUT2D eigenvalue weighted by Gasteiger charge is -2.28. The third-order valence-corrected chi connectivity index (χ3v) is 6.75. The summed E-state index contributed by atoms with van der Waals surface area (Å²) in [6.07, 6.45) is 0.371. The second kappa shape index (κ2) is 6.78. The third kappa shape index (κ3) is 3.18. The number of benzene rings is 1. The summed E-state index contributed by atoms with van der Waals surface area (Å²) in [5, 5.41) is 18.3. The normalized spacial score (nSPS) is 21.3. The first-order valence-electron chi connectivity index (χ1n) is 8.85. The van der Waals surface area contributed by atoms with Crippen molar-refractivity contribution in [1.29, 1.82) is 0 Å². The van der Waals surface area contributed by atoms with Crippen molar-refractivity contribution in [3.8, 4) is 0 Å². The van der Waals surface area contributed by atoms with Gasteiger partial charge in [-0.3, -0.25) is 14.9 Å². The predicted molar refractivity (Wildman–Crippen MR) is 105 cm³/mol. The zero-order chi connectivity index (χ0) is 19.3. The molecule has 142 valence electrons. The van der Waals surface area contributed by atoms with Gasteiger partial charge in [-0.25, -0.2) is 0 Å². The quantitative estimate of drug-likeness (QED) is 0.538.